The first kappa shape index (κ1) is 20.2. The molecule has 2 aromatic rings. The molecule has 1 aromatic heterocycles. The third-order valence-electron chi connectivity index (χ3n) is 4.60. The summed E-state index contributed by atoms with van der Waals surface area (Å²) < 4.78 is 17.0. The minimum Gasteiger partial charge on any atom is -0.507 e. The van der Waals surface area contributed by atoms with Crippen LogP contribution in [-0.2, 0) is 15.9 Å². The number of pyridine rings is 1. The summed E-state index contributed by atoms with van der Waals surface area (Å²) in [5, 5.41) is 21.4. The third-order valence-corrected chi connectivity index (χ3v) is 4.60. The molecular weight excluding hydrogens is 357 g/mol. The minimum atomic E-state index is -0.481. The van der Waals surface area contributed by atoms with Crippen molar-refractivity contribution in [3.63, 3.8) is 0 Å². The van der Waals surface area contributed by atoms with Crippen molar-refractivity contribution in [2.45, 2.75) is 27.3 Å². The number of rotatable bonds is 6. The SMILES string of the molecule is COc1cccc(O)c1CNc1ncc(B2OCC(C)(C)CO2)cc1C(C)=N. The molecule has 0 amide bonds. The van der Waals surface area contributed by atoms with Crippen molar-refractivity contribution in [2.24, 2.45) is 5.41 Å². The summed E-state index contributed by atoms with van der Waals surface area (Å²) in [6.45, 7) is 7.41. The lowest BCUT2D eigenvalue weighted by atomic mass is 9.76. The van der Waals surface area contributed by atoms with Crippen LogP contribution in [0.1, 0.15) is 31.9 Å². The van der Waals surface area contributed by atoms with Gasteiger partial charge in [0.2, 0.25) is 0 Å². The highest BCUT2D eigenvalue weighted by molar-refractivity contribution is 6.61. The molecule has 0 atom stereocenters. The zero-order valence-electron chi connectivity index (χ0n) is 16.7. The van der Waals surface area contributed by atoms with E-state index in [1.54, 1.807) is 38.4 Å². The number of nitrogens with one attached hydrogen (secondary N) is 2. The molecule has 0 spiro atoms. The Kier molecular flexibility index (Phi) is 5.91. The summed E-state index contributed by atoms with van der Waals surface area (Å²) in [6.07, 6.45) is 1.69. The van der Waals surface area contributed by atoms with Gasteiger partial charge in [-0.3, -0.25) is 0 Å². The van der Waals surface area contributed by atoms with E-state index in [9.17, 15) is 5.11 Å². The number of phenolic OH excluding ortho intramolecular Hbond substituents is 1. The maximum atomic E-state index is 10.1. The van der Waals surface area contributed by atoms with Gasteiger partial charge in [0, 0.05) is 48.1 Å². The van der Waals surface area contributed by atoms with Crippen LogP contribution >= 0.6 is 0 Å². The average molecular weight is 383 g/mol. The standard InChI is InChI=1S/C20H26BN3O4/c1-13(22)15-8-14(21-27-11-20(2,3)12-28-21)9-23-19(15)24-10-16-17(25)6-5-7-18(16)26-4/h5-9,22,25H,10-12H2,1-4H3,(H,23,24). The topological polar surface area (TPSA) is 96.7 Å². The van der Waals surface area contributed by atoms with Crippen molar-refractivity contribution in [1.29, 1.82) is 5.41 Å². The number of hydrogen-bond donors (Lipinski definition) is 3. The van der Waals surface area contributed by atoms with Crippen molar-refractivity contribution < 1.29 is 19.2 Å². The van der Waals surface area contributed by atoms with Crippen LogP contribution in [0, 0.1) is 10.8 Å². The highest BCUT2D eigenvalue weighted by Gasteiger charge is 2.34. The van der Waals surface area contributed by atoms with Crippen LogP contribution in [0.2, 0.25) is 0 Å². The van der Waals surface area contributed by atoms with Crippen LogP contribution in [0.3, 0.4) is 0 Å². The molecule has 7 nitrogen and oxygen atoms in total. The van der Waals surface area contributed by atoms with Crippen LogP contribution in [0.15, 0.2) is 30.5 Å². The molecule has 3 N–H and O–H groups in total. The molecule has 148 valence electrons. The first-order valence-electron chi connectivity index (χ1n) is 9.18. The van der Waals surface area contributed by atoms with E-state index >= 15 is 0 Å². The Hall–Kier alpha value is -2.58. The van der Waals surface area contributed by atoms with E-state index in [-0.39, 0.29) is 11.2 Å². The molecule has 1 aliphatic heterocycles. The summed E-state index contributed by atoms with van der Waals surface area (Å²) in [4.78, 5) is 4.48. The quantitative estimate of drug-likeness (QED) is 0.524. The third kappa shape index (κ3) is 4.45. The van der Waals surface area contributed by atoms with E-state index < -0.39 is 7.12 Å². The number of benzene rings is 1. The number of aromatic hydroxyl groups is 1. The Morgan fingerprint density at radius 1 is 1.36 bits per heavy atom. The van der Waals surface area contributed by atoms with Crippen LogP contribution < -0.4 is 15.5 Å². The number of phenols is 1. The van der Waals surface area contributed by atoms with Crippen molar-refractivity contribution in [2.75, 3.05) is 25.6 Å². The molecular formula is C20H26BN3O4. The van der Waals surface area contributed by atoms with Crippen molar-refractivity contribution in [3.8, 4) is 11.5 Å². The summed E-state index contributed by atoms with van der Waals surface area (Å²) in [6, 6.07) is 6.99. The van der Waals surface area contributed by atoms with Gasteiger partial charge in [-0.05, 0) is 25.1 Å². The van der Waals surface area contributed by atoms with Gasteiger partial charge >= 0.3 is 7.12 Å². The van der Waals surface area contributed by atoms with Gasteiger partial charge in [-0.25, -0.2) is 4.98 Å². The Labute approximate surface area is 165 Å². The van der Waals surface area contributed by atoms with Crippen molar-refractivity contribution in [3.05, 3.63) is 41.6 Å². The number of anilines is 1. The number of aromatic nitrogens is 1. The monoisotopic (exact) mass is 383 g/mol. The lowest BCUT2D eigenvalue weighted by Crippen LogP contribution is -2.47. The molecule has 8 heteroatoms. The molecule has 0 bridgehead atoms. The summed E-state index contributed by atoms with van der Waals surface area (Å²) in [5.74, 6) is 1.28. The molecule has 0 radical (unpaired) electrons. The van der Waals surface area contributed by atoms with E-state index in [1.807, 2.05) is 6.07 Å². The Bertz CT molecular complexity index is 863. The number of ether oxygens (including phenoxy) is 1. The predicted octanol–water partition coefficient (Wildman–Crippen LogP) is 2.56. The number of nitrogens with zero attached hydrogens (tertiary/aromatic N) is 1. The Balaban J connectivity index is 1.80. The fourth-order valence-electron chi connectivity index (χ4n) is 3.02. The van der Waals surface area contributed by atoms with Crippen LogP contribution in [-0.4, -0.2) is 43.2 Å². The first-order valence-corrected chi connectivity index (χ1v) is 9.18. The normalized spacial score (nSPS) is 15.9. The van der Waals surface area contributed by atoms with E-state index in [4.69, 9.17) is 19.5 Å². The van der Waals surface area contributed by atoms with E-state index in [0.29, 0.717) is 48.2 Å². The summed E-state index contributed by atoms with van der Waals surface area (Å²) in [5.41, 5.74) is 2.43. The van der Waals surface area contributed by atoms with Crippen LogP contribution in [0.5, 0.6) is 11.5 Å². The molecule has 1 aromatic carbocycles. The predicted molar refractivity (Wildman–Crippen MR) is 110 cm³/mol. The zero-order valence-corrected chi connectivity index (χ0v) is 16.7. The van der Waals surface area contributed by atoms with Gasteiger partial charge < -0.3 is 29.9 Å². The second-order valence-corrected chi connectivity index (χ2v) is 7.72. The van der Waals surface area contributed by atoms with Gasteiger partial charge in [-0.1, -0.05) is 19.9 Å². The molecule has 2 heterocycles. The second kappa shape index (κ2) is 8.20. The summed E-state index contributed by atoms with van der Waals surface area (Å²) >= 11 is 0. The molecule has 0 unspecified atom stereocenters. The molecule has 28 heavy (non-hydrogen) atoms. The largest absolute Gasteiger partial charge is 0.507 e. The van der Waals surface area contributed by atoms with E-state index in [0.717, 1.165) is 5.46 Å². The highest BCUT2D eigenvalue weighted by Crippen LogP contribution is 2.28. The lowest BCUT2D eigenvalue weighted by molar-refractivity contribution is 0.0343. The lowest BCUT2D eigenvalue weighted by Gasteiger charge is -2.33. The smallest absolute Gasteiger partial charge is 0.495 e. The van der Waals surface area contributed by atoms with Gasteiger partial charge in [0.05, 0.1) is 12.7 Å². The molecule has 0 aliphatic carbocycles. The summed E-state index contributed by atoms with van der Waals surface area (Å²) in [7, 11) is 1.08. The van der Waals surface area contributed by atoms with Crippen molar-refractivity contribution in [1.82, 2.24) is 4.98 Å². The second-order valence-electron chi connectivity index (χ2n) is 7.72. The fraction of sp³-hybridized carbons (Fsp3) is 0.400. The average Bonchev–Trinajstić information content (AvgIpc) is 2.66. The maximum absolute atomic E-state index is 10.1. The van der Waals surface area contributed by atoms with Crippen LogP contribution in [0.25, 0.3) is 0 Å². The van der Waals surface area contributed by atoms with Gasteiger partial charge in [-0.2, -0.15) is 0 Å². The van der Waals surface area contributed by atoms with Gasteiger partial charge in [-0.15, -0.1) is 0 Å². The number of methoxy groups -OCH3 is 1. The minimum absolute atomic E-state index is 0.0114. The molecule has 3 rings (SSSR count). The van der Waals surface area contributed by atoms with Gasteiger partial charge in [0.15, 0.2) is 0 Å². The molecule has 1 aliphatic rings. The Morgan fingerprint density at radius 3 is 2.71 bits per heavy atom. The fourth-order valence-corrected chi connectivity index (χ4v) is 3.02. The maximum Gasteiger partial charge on any atom is 0.495 e. The van der Waals surface area contributed by atoms with Gasteiger partial charge in [0.25, 0.3) is 0 Å². The zero-order chi connectivity index (χ0) is 20.3. The Morgan fingerprint density at radius 2 is 2.07 bits per heavy atom. The van der Waals surface area contributed by atoms with Gasteiger partial charge in [0.1, 0.15) is 17.3 Å². The molecule has 0 saturated carbocycles. The van der Waals surface area contributed by atoms with E-state index in [1.165, 1.54) is 0 Å². The molecule has 1 fully saturated rings. The number of hydrogen-bond acceptors (Lipinski definition) is 7. The first-order chi connectivity index (χ1) is 13.3. The van der Waals surface area contributed by atoms with Crippen molar-refractivity contribution >= 4 is 24.1 Å². The molecule has 1 saturated heterocycles. The van der Waals surface area contributed by atoms with E-state index in [2.05, 4.69) is 24.1 Å². The highest BCUT2D eigenvalue weighted by atomic mass is 16.6. The van der Waals surface area contributed by atoms with Crippen LogP contribution in [0.4, 0.5) is 5.82 Å².